The summed E-state index contributed by atoms with van der Waals surface area (Å²) < 4.78 is 12.8. The number of hydrogen-bond donors (Lipinski definition) is 1. The first kappa shape index (κ1) is 15.3. The number of rotatable bonds is 6. The fourth-order valence-electron chi connectivity index (χ4n) is 2.16. The molecule has 2 aromatic rings. The largest absolute Gasteiger partial charge is 0.496 e. The number of aromatic amines is 1. The Morgan fingerprint density at radius 1 is 1.38 bits per heavy atom. The number of nitrogens with one attached hydrogen (secondary N) is 1. The van der Waals surface area contributed by atoms with Gasteiger partial charge in [-0.25, -0.2) is 4.79 Å². The maximum Gasteiger partial charge on any atom is 0.337 e. The Bertz CT molecular complexity index is 676. The van der Waals surface area contributed by atoms with Crippen molar-refractivity contribution in [3.63, 3.8) is 0 Å². The van der Waals surface area contributed by atoms with Crippen molar-refractivity contribution in [3.05, 3.63) is 46.5 Å². The molecule has 112 valence electrons. The fraction of sp³-hybridized carbons (Fsp3) is 0.333. The lowest BCUT2D eigenvalue weighted by atomic mass is 10.1. The lowest BCUT2D eigenvalue weighted by Crippen LogP contribution is -2.04. The molecule has 0 aliphatic carbocycles. The normalized spacial score (nSPS) is 10.4. The molecule has 5 nitrogen and oxygen atoms in total. The van der Waals surface area contributed by atoms with Gasteiger partial charge in [0.2, 0.25) is 0 Å². The number of aryl methyl sites for hydroxylation is 2. The van der Waals surface area contributed by atoms with Gasteiger partial charge in [0, 0.05) is 18.9 Å². The molecular weight excluding hydrogens is 288 g/mol. The number of ether oxygens (including phenoxy) is 2. The monoisotopic (exact) mass is 306 g/mol. The second-order valence-corrected chi connectivity index (χ2v) is 4.97. The van der Waals surface area contributed by atoms with Crippen LogP contribution >= 0.6 is 12.2 Å². The second-order valence-electron chi connectivity index (χ2n) is 4.58. The van der Waals surface area contributed by atoms with Crippen LogP contribution in [-0.4, -0.2) is 29.7 Å². The van der Waals surface area contributed by atoms with Gasteiger partial charge >= 0.3 is 5.97 Å². The van der Waals surface area contributed by atoms with Crippen molar-refractivity contribution in [1.82, 2.24) is 9.55 Å². The topological polar surface area (TPSA) is 56.2 Å². The van der Waals surface area contributed by atoms with Gasteiger partial charge in [-0.3, -0.25) is 0 Å². The SMILES string of the molecule is COC(=O)c1ccc(CCCn2cc[nH]c2=S)c(OC)c1. The molecule has 6 heteroatoms. The molecule has 0 saturated heterocycles. The van der Waals surface area contributed by atoms with Crippen molar-refractivity contribution < 1.29 is 14.3 Å². The van der Waals surface area contributed by atoms with Crippen LogP contribution in [0.3, 0.4) is 0 Å². The number of methoxy groups -OCH3 is 2. The molecule has 1 heterocycles. The second kappa shape index (κ2) is 7.08. The molecule has 0 unspecified atom stereocenters. The van der Waals surface area contributed by atoms with E-state index in [-0.39, 0.29) is 5.97 Å². The molecule has 0 radical (unpaired) electrons. The van der Waals surface area contributed by atoms with Gasteiger partial charge in [0.05, 0.1) is 19.8 Å². The number of nitrogens with zero attached hydrogens (tertiary/aromatic N) is 1. The first-order valence-corrected chi connectivity index (χ1v) is 7.05. The Kier molecular flexibility index (Phi) is 5.16. The van der Waals surface area contributed by atoms with E-state index in [0.29, 0.717) is 11.3 Å². The number of benzene rings is 1. The van der Waals surface area contributed by atoms with E-state index >= 15 is 0 Å². The summed E-state index contributed by atoms with van der Waals surface area (Å²) in [5.74, 6) is 0.342. The summed E-state index contributed by atoms with van der Waals surface area (Å²) in [4.78, 5) is 14.5. The van der Waals surface area contributed by atoms with Crippen LogP contribution in [-0.2, 0) is 17.7 Å². The third-order valence-electron chi connectivity index (χ3n) is 3.28. The predicted octanol–water partition coefficient (Wildman–Crippen LogP) is 2.97. The highest BCUT2D eigenvalue weighted by Gasteiger charge is 2.10. The van der Waals surface area contributed by atoms with E-state index in [1.165, 1.54) is 7.11 Å². The van der Waals surface area contributed by atoms with Crippen molar-refractivity contribution >= 4 is 18.2 Å². The molecule has 2 rings (SSSR count). The summed E-state index contributed by atoms with van der Waals surface area (Å²) in [5, 5.41) is 0. The van der Waals surface area contributed by atoms with Crippen LogP contribution in [0.4, 0.5) is 0 Å². The average Bonchev–Trinajstić information content (AvgIpc) is 2.92. The van der Waals surface area contributed by atoms with Crippen molar-refractivity contribution in [2.24, 2.45) is 0 Å². The standard InChI is InChI=1S/C15H18N2O3S/c1-19-13-10-12(14(18)20-2)6-5-11(13)4-3-8-17-9-7-16-15(17)21/h5-7,9-10H,3-4,8H2,1-2H3,(H,16,21). The van der Waals surface area contributed by atoms with Crippen LogP contribution in [0.1, 0.15) is 22.3 Å². The predicted molar refractivity (Wildman–Crippen MR) is 82.3 cm³/mol. The van der Waals surface area contributed by atoms with Gasteiger partial charge in [0.1, 0.15) is 5.75 Å². The Balaban J connectivity index is 2.04. The molecular formula is C15H18N2O3S. The summed E-state index contributed by atoms with van der Waals surface area (Å²) >= 11 is 5.15. The zero-order valence-electron chi connectivity index (χ0n) is 12.1. The summed E-state index contributed by atoms with van der Waals surface area (Å²) in [6.45, 7) is 0.838. The van der Waals surface area contributed by atoms with Gasteiger partial charge in [-0.15, -0.1) is 0 Å². The summed E-state index contributed by atoms with van der Waals surface area (Å²) in [6.07, 6.45) is 5.53. The van der Waals surface area contributed by atoms with Crippen molar-refractivity contribution in [1.29, 1.82) is 0 Å². The average molecular weight is 306 g/mol. The van der Waals surface area contributed by atoms with E-state index in [0.717, 1.165) is 29.7 Å². The number of esters is 1. The van der Waals surface area contributed by atoms with Crippen LogP contribution in [0.5, 0.6) is 5.75 Å². The number of carbonyl (C=O) groups excluding carboxylic acids is 1. The van der Waals surface area contributed by atoms with Gasteiger partial charge < -0.3 is 19.0 Å². The van der Waals surface area contributed by atoms with Crippen LogP contribution in [0.15, 0.2) is 30.6 Å². The van der Waals surface area contributed by atoms with E-state index in [1.54, 1.807) is 19.2 Å². The number of hydrogen-bond acceptors (Lipinski definition) is 4. The van der Waals surface area contributed by atoms with Crippen LogP contribution in [0, 0.1) is 4.77 Å². The molecule has 0 saturated carbocycles. The van der Waals surface area contributed by atoms with Crippen molar-refractivity contribution in [3.8, 4) is 5.75 Å². The Labute approximate surface area is 128 Å². The molecule has 1 N–H and O–H groups in total. The lowest BCUT2D eigenvalue weighted by molar-refractivity contribution is 0.0600. The van der Waals surface area contributed by atoms with E-state index in [9.17, 15) is 4.79 Å². The minimum Gasteiger partial charge on any atom is -0.496 e. The molecule has 0 aliphatic heterocycles. The summed E-state index contributed by atoms with van der Waals surface area (Å²) in [7, 11) is 2.96. The molecule has 0 fully saturated rings. The maximum atomic E-state index is 11.5. The van der Waals surface area contributed by atoms with Crippen molar-refractivity contribution in [2.75, 3.05) is 14.2 Å². The minimum atomic E-state index is -0.363. The molecule has 0 atom stereocenters. The Hall–Kier alpha value is -2.08. The first-order chi connectivity index (χ1) is 10.2. The summed E-state index contributed by atoms with van der Waals surface area (Å²) in [5.41, 5.74) is 1.55. The minimum absolute atomic E-state index is 0.363. The van der Waals surface area contributed by atoms with E-state index in [2.05, 4.69) is 4.98 Å². The quantitative estimate of drug-likeness (QED) is 0.658. The van der Waals surface area contributed by atoms with E-state index in [4.69, 9.17) is 21.7 Å². The third kappa shape index (κ3) is 3.72. The Morgan fingerprint density at radius 3 is 2.81 bits per heavy atom. The smallest absolute Gasteiger partial charge is 0.337 e. The van der Waals surface area contributed by atoms with Crippen LogP contribution in [0.2, 0.25) is 0 Å². The van der Waals surface area contributed by atoms with Crippen LogP contribution in [0.25, 0.3) is 0 Å². The van der Waals surface area contributed by atoms with Gasteiger partial charge in [-0.2, -0.15) is 0 Å². The number of imidazole rings is 1. The molecule has 0 amide bonds. The molecule has 0 aliphatic rings. The molecule has 21 heavy (non-hydrogen) atoms. The highest BCUT2D eigenvalue weighted by atomic mass is 32.1. The molecule has 0 bridgehead atoms. The molecule has 1 aromatic heterocycles. The number of H-pyrrole nitrogens is 1. The Morgan fingerprint density at radius 2 is 2.19 bits per heavy atom. The lowest BCUT2D eigenvalue weighted by Gasteiger charge is -2.10. The van der Waals surface area contributed by atoms with Gasteiger partial charge in [0.15, 0.2) is 4.77 Å². The van der Waals surface area contributed by atoms with E-state index in [1.807, 2.05) is 23.0 Å². The molecule has 1 aromatic carbocycles. The van der Waals surface area contributed by atoms with Crippen molar-refractivity contribution in [2.45, 2.75) is 19.4 Å². The van der Waals surface area contributed by atoms with E-state index < -0.39 is 0 Å². The van der Waals surface area contributed by atoms with Crippen LogP contribution < -0.4 is 4.74 Å². The number of aromatic nitrogens is 2. The maximum absolute atomic E-state index is 11.5. The number of carbonyl (C=O) groups is 1. The zero-order valence-corrected chi connectivity index (χ0v) is 12.9. The third-order valence-corrected chi connectivity index (χ3v) is 3.63. The first-order valence-electron chi connectivity index (χ1n) is 6.64. The van der Waals surface area contributed by atoms with Gasteiger partial charge in [-0.1, -0.05) is 6.07 Å². The highest BCUT2D eigenvalue weighted by molar-refractivity contribution is 7.71. The zero-order chi connectivity index (χ0) is 15.2. The highest BCUT2D eigenvalue weighted by Crippen LogP contribution is 2.22. The summed E-state index contributed by atoms with van der Waals surface area (Å²) in [6, 6.07) is 5.37. The molecule has 0 spiro atoms. The van der Waals surface area contributed by atoms with Gasteiger partial charge in [-0.05, 0) is 42.8 Å². The fourth-order valence-corrected chi connectivity index (χ4v) is 2.38. The van der Waals surface area contributed by atoms with Gasteiger partial charge in [0.25, 0.3) is 0 Å².